The quantitative estimate of drug-likeness (QED) is 0.382. The van der Waals surface area contributed by atoms with Crippen LogP contribution in [0.5, 0.6) is 0 Å². The van der Waals surface area contributed by atoms with Crippen molar-refractivity contribution in [1.29, 1.82) is 0 Å². The first kappa shape index (κ1) is 25.7. The van der Waals surface area contributed by atoms with Crippen LogP contribution in [0.4, 0.5) is 0 Å². The first-order chi connectivity index (χ1) is 16.0. The van der Waals surface area contributed by atoms with Crippen LogP contribution in [0.25, 0.3) is 0 Å². The van der Waals surface area contributed by atoms with Crippen LogP contribution in [0.15, 0.2) is 11.6 Å². The Balaban J connectivity index is 1.63. The van der Waals surface area contributed by atoms with Gasteiger partial charge >= 0.3 is 5.97 Å². The first-order valence-corrected chi connectivity index (χ1v) is 14.0. The molecule has 35 heavy (non-hydrogen) atoms. The summed E-state index contributed by atoms with van der Waals surface area (Å²) in [6.45, 7) is 15.8. The standard InChI is InChI=1S/C30H48O5/c1-25(2)14-18-17-8-9-20-27(5)12-11-21(31)26(3,4)19(27)10-13-28(20,6)29(17,7)15-23(33)30(18,24(34)35)16-22(25)32/h8,18-23,31-33H,9-16H2,1-7H3,(H,34,35). The molecule has 5 aliphatic rings. The minimum absolute atomic E-state index is 0.0491. The summed E-state index contributed by atoms with van der Waals surface area (Å²) in [4.78, 5) is 12.8. The maximum Gasteiger partial charge on any atom is 0.312 e. The van der Waals surface area contributed by atoms with E-state index in [-0.39, 0.29) is 40.1 Å². The molecule has 0 bridgehead atoms. The topological polar surface area (TPSA) is 98.0 Å². The molecule has 0 aromatic heterocycles. The van der Waals surface area contributed by atoms with Gasteiger partial charge in [-0.1, -0.05) is 60.1 Å². The van der Waals surface area contributed by atoms with Crippen LogP contribution < -0.4 is 0 Å². The molecule has 10 atom stereocenters. The van der Waals surface area contributed by atoms with Crippen molar-refractivity contribution in [1.82, 2.24) is 0 Å². The third kappa shape index (κ3) is 2.95. The molecule has 0 aromatic rings. The summed E-state index contributed by atoms with van der Waals surface area (Å²) < 4.78 is 0. The zero-order valence-corrected chi connectivity index (χ0v) is 22.9. The van der Waals surface area contributed by atoms with Crippen molar-refractivity contribution in [3.05, 3.63) is 11.6 Å². The van der Waals surface area contributed by atoms with Crippen LogP contribution in [-0.4, -0.2) is 44.7 Å². The van der Waals surface area contributed by atoms with E-state index in [1.807, 2.05) is 13.8 Å². The third-order valence-corrected chi connectivity index (χ3v) is 13.3. The predicted octanol–water partition coefficient (Wildman–Crippen LogP) is 5.18. The van der Waals surface area contributed by atoms with Crippen molar-refractivity contribution in [3.8, 4) is 0 Å². The lowest BCUT2D eigenvalue weighted by atomic mass is 9.33. The summed E-state index contributed by atoms with van der Waals surface area (Å²) in [5.41, 5.74) is -0.823. The van der Waals surface area contributed by atoms with Gasteiger partial charge in [-0.3, -0.25) is 4.79 Å². The van der Waals surface area contributed by atoms with E-state index in [0.717, 1.165) is 32.1 Å². The zero-order chi connectivity index (χ0) is 26.0. The Labute approximate surface area is 211 Å². The highest BCUT2D eigenvalue weighted by Crippen LogP contribution is 2.75. The van der Waals surface area contributed by atoms with Crippen LogP contribution >= 0.6 is 0 Å². The lowest BCUT2D eigenvalue weighted by Crippen LogP contribution is -2.68. The maximum absolute atomic E-state index is 12.8. The second-order valence-corrected chi connectivity index (χ2v) is 15.2. The molecule has 0 saturated heterocycles. The molecule has 198 valence electrons. The van der Waals surface area contributed by atoms with Crippen molar-refractivity contribution < 1.29 is 25.2 Å². The fourth-order valence-electron chi connectivity index (χ4n) is 10.7. The SMILES string of the molecule is CC1(C)CC2C3=CCC4C5(C)CCC(O)C(C)(C)C5CCC4(C)C3(C)CC(O)C2(C(=O)O)CC1O. The Morgan fingerprint density at radius 2 is 1.49 bits per heavy atom. The Kier molecular flexibility index (Phi) is 5.40. The van der Waals surface area contributed by atoms with Gasteiger partial charge in [0.25, 0.3) is 0 Å². The molecule has 0 aromatic carbocycles. The van der Waals surface area contributed by atoms with E-state index in [1.54, 1.807) is 0 Å². The molecule has 4 saturated carbocycles. The number of carboxylic acid groups (broad SMARTS) is 1. The largest absolute Gasteiger partial charge is 0.481 e. The fraction of sp³-hybridized carbons (Fsp3) is 0.900. The first-order valence-electron chi connectivity index (χ1n) is 14.0. The molecule has 0 aliphatic heterocycles. The van der Waals surface area contributed by atoms with E-state index in [4.69, 9.17) is 0 Å². The zero-order valence-electron chi connectivity index (χ0n) is 22.9. The van der Waals surface area contributed by atoms with E-state index in [1.165, 1.54) is 5.57 Å². The molecule has 5 rings (SSSR count). The number of aliphatic hydroxyl groups is 3. The highest BCUT2D eigenvalue weighted by Gasteiger charge is 2.72. The van der Waals surface area contributed by atoms with Crippen LogP contribution in [0, 0.1) is 50.2 Å². The highest BCUT2D eigenvalue weighted by molar-refractivity contribution is 5.78. The van der Waals surface area contributed by atoms with Gasteiger partial charge in [0.1, 0.15) is 5.41 Å². The molecule has 5 heteroatoms. The van der Waals surface area contributed by atoms with E-state index in [2.05, 4.69) is 40.7 Å². The van der Waals surface area contributed by atoms with E-state index < -0.39 is 29.0 Å². The molecule has 0 heterocycles. The van der Waals surface area contributed by atoms with Crippen molar-refractivity contribution >= 4 is 5.97 Å². The van der Waals surface area contributed by atoms with Crippen LogP contribution in [-0.2, 0) is 4.79 Å². The number of aliphatic hydroxyl groups excluding tert-OH is 3. The lowest BCUT2D eigenvalue weighted by Gasteiger charge is -2.71. The van der Waals surface area contributed by atoms with Gasteiger partial charge in [-0.05, 0) is 96.2 Å². The normalized spacial score (nSPS) is 54.4. The van der Waals surface area contributed by atoms with Gasteiger partial charge in [0.2, 0.25) is 0 Å². The van der Waals surface area contributed by atoms with Gasteiger partial charge in [0.15, 0.2) is 0 Å². The molecule has 5 aliphatic carbocycles. The Morgan fingerprint density at radius 1 is 0.829 bits per heavy atom. The van der Waals surface area contributed by atoms with Gasteiger partial charge < -0.3 is 20.4 Å². The van der Waals surface area contributed by atoms with E-state index in [9.17, 15) is 25.2 Å². The lowest BCUT2D eigenvalue weighted by molar-refractivity contribution is -0.225. The Hall–Kier alpha value is -0.910. The summed E-state index contributed by atoms with van der Waals surface area (Å²) in [6, 6.07) is 0. The number of carbonyl (C=O) groups is 1. The van der Waals surface area contributed by atoms with Crippen LogP contribution in [0.1, 0.15) is 99.8 Å². The monoisotopic (exact) mass is 488 g/mol. The average molecular weight is 489 g/mol. The summed E-state index contributed by atoms with van der Waals surface area (Å²) in [6.07, 6.45) is 6.40. The minimum atomic E-state index is -1.32. The molecular weight excluding hydrogens is 440 g/mol. The molecule has 0 spiro atoms. The summed E-state index contributed by atoms with van der Waals surface area (Å²) in [5, 5.41) is 44.0. The van der Waals surface area contributed by atoms with Gasteiger partial charge in [-0.2, -0.15) is 0 Å². The number of fused-ring (bicyclic) bond motifs is 7. The number of aliphatic carboxylic acids is 1. The number of allylic oxidation sites excluding steroid dienone is 2. The number of rotatable bonds is 1. The summed E-state index contributed by atoms with van der Waals surface area (Å²) in [5.74, 6) is -0.342. The van der Waals surface area contributed by atoms with Crippen LogP contribution in [0.3, 0.4) is 0 Å². The number of hydrogen-bond donors (Lipinski definition) is 4. The molecule has 10 unspecified atom stereocenters. The second-order valence-electron chi connectivity index (χ2n) is 15.2. The Bertz CT molecular complexity index is 952. The maximum atomic E-state index is 12.8. The van der Waals surface area contributed by atoms with Gasteiger partial charge in [0, 0.05) is 0 Å². The van der Waals surface area contributed by atoms with Crippen molar-refractivity contribution in [2.75, 3.05) is 0 Å². The molecule has 4 N–H and O–H groups in total. The number of carboxylic acids is 1. The fourth-order valence-corrected chi connectivity index (χ4v) is 10.7. The van der Waals surface area contributed by atoms with Crippen molar-refractivity contribution in [2.24, 2.45) is 50.2 Å². The van der Waals surface area contributed by atoms with E-state index >= 15 is 0 Å². The molecule has 4 fully saturated rings. The Morgan fingerprint density at radius 3 is 2.11 bits per heavy atom. The number of hydrogen-bond acceptors (Lipinski definition) is 4. The third-order valence-electron chi connectivity index (χ3n) is 13.3. The summed E-state index contributed by atoms with van der Waals surface area (Å²) >= 11 is 0. The second kappa shape index (κ2) is 7.35. The molecule has 0 radical (unpaired) electrons. The van der Waals surface area contributed by atoms with Crippen molar-refractivity contribution in [2.45, 2.75) is 118 Å². The van der Waals surface area contributed by atoms with Gasteiger partial charge in [0.05, 0.1) is 18.3 Å². The van der Waals surface area contributed by atoms with Crippen LogP contribution in [0.2, 0.25) is 0 Å². The van der Waals surface area contributed by atoms with E-state index in [0.29, 0.717) is 24.7 Å². The highest BCUT2D eigenvalue weighted by atomic mass is 16.4. The van der Waals surface area contributed by atoms with Crippen molar-refractivity contribution in [3.63, 3.8) is 0 Å². The molecular formula is C30H48O5. The minimum Gasteiger partial charge on any atom is -0.481 e. The molecule has 0 amide bonds. The molecule has 5 nitrogen and oxygen atoms in total. The van der Waals surface area contributed by atoms with Gasteiger partial charge in [-0.15, -0.1) is 0 Å². The predicted molar refractivity (Wildman–Crippen MR) is 135 cm³/mol. The average Bonchev–Trinajstić information content (AvgIpc) is 2.73. The smallest absolute Gasteiger partial charge is 0.312 e. The summed E-state index contributed by atoms with van der Waals surface area (Å²) in [7, 11) is 0. The van der Waals surface area contributed by atoms with Gasteiger partial charge in [-0.25, -0.2) is 0 Å².